The number of nitrogens with zero attached hydrogens (tertiary/aromatic N) is 2. The molecule has 3 amide bonds. The lowest BCUT2D eigenvalue weighted by Gasteiger charge is -2.36. The highest BCUT2D eigenvalue weighted by atomic mass is 16.6. The first-order valence-electron chi connectivity index (χ1n) is 8.90. The lowest BCUT2D eigenvalue weighted by Crippen LogP contribution is -2.57. The highest BCUT2D eigenvalue weighted by Gasteiger charge is 2.32. The van der Waals surface area contributed by atoms with Crippen molar-refractivity contribution < 1.29 is 23.9 Å². The number of alkyl carbamates (subject to hydrolysis) is 1. The summed E-state index contributed by atoms with van der Waals surface area (Å²) in [6.45, 7) is 11.7. The standard InChI is InChI=1S/C17H31N3O5/c1-6-24-16(22)18-14(13(4)5)15(21)19-7-9-20(10-8-19)17(23)25-11-12(2)3/h12-14H,6-11H2,1-5H3,(H,18,22). The van der Waals surface area contributed by atoms with E-state index in [1.165, 1.54) is 0 Å². The van der Waals surface area contributed by atoms with E-state index in [1.54, 1.807) is 16.7 Å². The second kappa shape index (κ2) is 10.1. The van der Waals surface area contributed by atoms with E-state index in [2.05, 4.69) is 5.32 Å². The molecule has 8 heteroatoms. The molecule has 25 heavy (non-hydrogen) atoms. The Morgan fingerprint density at radius 2 is 1.52 bits per heavy atom. The number of carbonyl (C=O) groups is 3. The molecule has 1 atom stereocenters. The van der Waals surface area contributed by atoms with Crippen molar-refractivity contribution in [2.24, 2.45) is 11.8 Å². The first kappa shape index (κ1) is 21.1. The summed E-state index contributed by atoms with van der Waals surface area (Å²) in [5, 5.41) is 2.62. The van der Waals surface area contributed by atoms with E-state index >= 15 is 0 Å². The zero-order valence-corrected chi connectivity index (χ0v) is 15.9. The van der Waals surface area contributed by atoms with E-state index < -0.39 is 12.1 Å². The minimum absolute atomic E-state index is 0.0639. The van der Waals surface area contributed by atoms with Gasteiger partial charge in [0.05, 0.1) is 13.2 Å². The average Bonchev–Trinajstić information content (AvgIpc) is 2.57. The number of ether oxygens (including phenoxy) is 2. The number of hydrogen-bond donors (Lipinski definition) is 1. The largest absolute Gasteiger partial charge is 0.450 e. The van der Waals surface area contributed by atoms with Crippen LogP contribution in [0.25, 0.3) is 0 Å². The lowest BCUT2D eigenvalue weighted by molar-refractivity contribution is -0.136. The first-order valence-corrected chi connectivity index (χ1v) is 8.90. The second-order valence-electron chi connectivity index (χ2n) is 6.87. The molecule has 1 aliphatic rings. The van der Waals surface area contributed by atoms with Gasteiger partial charge in [0, 0.05) is 26.2 Å². The Balaban J connectivity index is 2.54. The monoisotopic (exact) mass is 357 g/mol. The van der Waals surface area contributed by atoms with E-state index in [0.717, 1.165) is 0 Å². The predicted octanol–water partition coefficient (Wildman–Crippen LogP) is 1.69. The Morgan fingerprint density at radius 1 is 0.960 bits per heavy atom. The Bertz CT molecular complexity index is 459. The molecule has 144 valence electrons. The van der Waals surface area contributed by atoms with Crippen molar-refractivity contribution >= 4 is 18.1 Å². The van der Waals surface area contributed by atoms with E-state index in [0.29, 0.717) is 32.8 Å². The van der Waals surface area contributed by atoms with Crippen molar-refractivity contribution in [3.05, 3.63) is 0 Å². The molecule has 0 radical (unpaired) electrons. The number of piperazine rings is 1. The maximum atomic E-state index is 12.7. The van der Waals surface area contributed by atoms with E-state index in [4.69, 9.17) is 9.47 Å². The summed E-state index contributed by atoms with van der Waals surface area (Å²) in [4.78, 5) is 39.6. The molecule has 0 bridgehead atoms. The smallest absolute Gasteiger partial charge is 0.409 e. The Labute approximate surface area is 149 Å². The second-order valence-corrected chi connectivity index (χ2v) is 6.87. The van der Waals surface area contributed by atoms with Crippen molar-refractivity contribution in [1.29, 1.82) is 0 Å². The molecule has 0 spiro atoms. The summed E-state index contributed by atoms with van der Waals surface area (Å²) in [7, 11) is 0. The molecule has 1 fully saturated rings. The molecule has 1 rings (SSSR count). The van der Waals surface area contributed by atoms with Crippen molar-refractivity contribution in [3.8, 4) is 0 Å². The number of rotatable bonds is 6. The van der Waals surface area contributed by atoms with Gasteiger partial charge < -0.3 is 24.6 Å². The lowest BCUT2D eigenvalue weighted by atomic mass is 10.0. The van der Waals surface area contributed by atoms with Crippen molar-refractivity contribution in [1.82, 2.24) is 15.1 Å². The molecule has 1 N–H and O–H groups in total. The Morgan fingerprint density at radius 3 is 2.00 bits per heavy atom. The van der Waals surface area contributed by atoms with Crippen LogP contribution in [0.3, 0.4) is 0 Å². The van der Waals surface area contributed by atoms with Crippen molar-refractivity contribution in [2.75, 3.05) is 39.4 Å². The fraction of sp³-hybridized carbons (Fsp3) is 0.824. The van der Waals surface area contributed by atoms with Crippen LogP contribution in [0.4, 0.5) is 9.59 Å². The summed E-state index contributed by atoms with van der Waals surface area (Å²) >= 11 is 0. The summed E-state index contributed by atoms with van der Waals surface area (Å²) in [6, 6.07) is -0.640. The van der Waals surface area contributed by atoms with Crippen molar-refractivity contribution in [3.63, 3.8) is 0 Å². The number of nitrogens with one attached hydrogen (secondary N) is 1. The summed E-state index contributed by atoms with van der Waals surface area (Å²) in [6.07, 6.45) is -0.934. The topological polar surface area (TPSA) is 88.2 Å². The molecule has 0 saturated carbocycles. The fourth-order valence-corrected chi connectivity index (χ4v) is 2.45. The normalized spacial score (nSPS) is 16.0. The van der Waals surface area contributed by atoms with Gasteiger partial charge in [0.2, 0.25) is 5.91 Å². The summed E-state index contributed by atoms with van der Waals surface area (Å²) < 4.78 is 10.1. The van der Waals surface area contributed by atoms with E-state index in [1.807, 2.05) is 27.7 Å². The highest BCUT2D eigenvalue weighted by molar-refractivity contribution is 5.86. The van der Waals surface area contributed by atoms with Gasteiger partial charge in [-0.3, -0.25) is 4.79 Å². The number of hydrogen-bond acceptors (Lipinski definition) is 5. The van der Waals surface area contributed by atoms with Crippen LogP contribution >= 0.6 is 0 Å². The van der Waals surface area contributed by atoms with Gasteiger partial charge in [-0.05, 0) is 18.8 Å². The quantitative estimate of drug-likeness (QED) is 0.781. The van der Waals surface area contributed by atoms with Gasteiger partial charge >= 0.3 is 12.2 Å². The summed E-state index contributed by atoms with van der Waals surface area (Å²) in [5.74, 6) is 0.0664. The number of carbonyl (C=O) groups excluding carboxylic acids is 3. The maximum absolute atomic E-state index is 12.7. The van der Waals surface area contributed by atoms with Gasteiger partial charge in [-0.25, -0.2) is 9.59 Å². The van der Waals surface area contributed by atoms with Crippen LogP contribution in [-0.4, -0.2) is 73.3 Å². The molecule has 0 aliphatic carbocycles. The molecule has 1 aliphatic heterocycles. The van der Waals surface area contributed by atoms with Crippen LogP contribution in [0.15, 0.2) is 0 Å². The molecule has 0 aromatic heterocycles. The molecule has 8 nitrogen and oxygen atoms in total. The minimum Gasteiger partial charge on any atom is -0.450 e. The molecule has 0 aromatic rings. The van der Waals surface area contributed by atoms with Gasteiger partial charge in [0.1, 0.15) is 6.04 Å². The SMILES string of the molecule is CCOC(=O)NC(C(=O)N1CCN(C(=O)OCC(C)C)CC1)C(C)C. The van der Waals surface area contributed by atoms with Crippen LogP contribution in [0, 0.1) is 11.8 Å². The van der Waals surface area contributed by atoms with Gasteiger partial charge in [-0.2, -0.15) is 0 Å². The highest BCUT2D eigenvalue weighted by Crippen LogP contribution is 2.11. The van der Waals surface area contributed by atoms with Crippen molar-refractivity contribution in [2.45, 2.75) is 40.7 Å². The Hall–Kier alpha value is -1.99. The Kier molecular flexibility index (Phi) is 8.51. The minimum atomic E-state index is -0.640. The van der Waals surface area contributed by atoms with Crippen LogP contribution in [0.1, 0.15) is 34.6 Å². The van der Waals surface area contributed by atoms with Crippen LogP contribution in [0.2, 0.25) is 0 Å². The fourth-order valence-electron chi connectivity index (χ4n) is 2.45. The molecular weight excluding hydrogens is 326 g/mol. The molecule has 0 aromatic carbocycles. The molecular formula is C17H31N3O5. The molecule has 1 unspecified atom stereocenters. The zero-order valence-electron chi connectivity index (χ0n) is 15.9. The van der Waals surface area contributed by atoms with Gasteiger partial charge in [0.25, 0.3) is 0 Å². The third-order valence-electron chi connectivity index (χ3n) is 3.87. The number of amides is 3. The van der Waals surface area contributed by atoms with Crippen LogP contribution in [0.5, 0.6) is 0 Å². The maximum Gasteiger partial charge on any atom is 0.409 e. The summed E-state index contributed by atoms with van der Waals surface area (Å²) in [5.41, 5.74) is 0. The van der Waals surface area contributed by atoms with Gasteiger partial charge in [-0.1, -0.05) is 27.7 Å². The molecule has 1 heterocycles. The third-order valence-corrected chi connectivity index (χ3v) is 3.87. The van der Waals surface area contributed by atoms with E-state index in [9.17, 15) is 14.4 Å². The predicted molar refractivity (Wildman–Crippen MR) is 93.1 cm³/mol. The van der Waals surface area contributed by atoms with Crippen LogP contribution in [-0.2, 0) is 14.3 Å². The van der Waals surface area contributed by atoms with E-state index in [-0.39, 0.29) is 30.4 Å². The average molecular weight is 357 g/mol. The van der Waals surface area contributed by atoms with Crippen LogP contribution < -0.4 is 5.32 Å². The van der Waals surface area contributed by atoms with Gasteiger partial charge in [-0.15, -0.1) is 0 Å². The third kappa shape index (κ3) is 6.80. The zero-order chi connectivity index (χ0) is 19.0. The first-order chi connectivity index (χ1) is 11.8. The molecule has 1 saturated heterocycles. The van der Waals surface area contributed by atoms with Gasteiger partial charge in [0.15, 0.2) is 0 Å².